The molecule has 2 atom stereocenters. The first-order valence-corrected chi connectivity index (χ1v) is 13.8. The zero-order valence-corrected chi connectivity index (χ0v) is 22.5. The molecule has 3 aromatic rings. The summed E-state index contributed by atoms with van der Waals surface area (Å²) < 4.78 is 11.8. The summed E-state index contributed by atoms with van der Waals surface area (Å²) in [6.07, 6.45) is 4.58. The van der Waals surface area contributed by atoms with Crippen LogP contribution in [0.1, 0.15) is 47.6 Å². The topological polar surface area (TPSA) is 76.6 Å². The van der Waals surface area contributed by atoms with Gasteiger partial charge in [-0.25, -0.2) is 9.97 Å². The van der Waals surface area contributed by atoms with Gasteiger partial charge in [-0.3, -0.25) is 4.79 Å². The van der Waals surface area contributed by atoms with E-state index in [1.807, 2.05) is 25.3 Å². The number of fused-ring (bicyclic) bond motifs is 2. The highest BCUT2D eigenvalue weighted by Gasteiger charge is 2.63. The lowest BCUT2D eigenvalue weighted by Gasteiger charge is -2.30. The maximum Gasteiger partial charge on any atom is 0.312 e. The van der Waals surface area contributed by atoms with Crippen LogP contribution >= 0.6 is 0 Å². The number of aryl methyl sites for hydroxylation is 1. The van der Waals surface area contributed by atoms with Crippen LogP contribution in [0.2, 0.25) is 0 Å². The Morgan fingerprint density at radius 1 is 1.21 bits per heavy atom. The van der Waals surface area contributed by atoms with Crippen molar-refractivity contribution in [2.24, 2.45) is 11.3 Å². The number of nitrogens with one attached hydrogen (secondary N) is 1. The molecule has 2 fully saturated rings. The molecule has 1 N–H and O–H groups in total. The summed E-state index contributed by atoms with van der Waals surface area (Å²) in [6, 6.07) is 12.6. The summed E-state index contributed by atoms with van der Waals surface area (Å²) in [5.74, 6) is 1.81. The Bertz CT molecular complexity index is 1370. The molecule has 2 aromatic carbocycles. The van der Waals surface area contributed by atoms with Crippen LogP contribution < -0.4 is 15.0 Å². The smallest absolute Gasteiger partial charge is 0.312 e. The van der Waals surface area contributed by atoms with Gasteiger partial charge in [0.1, 0.15) is 12.4 Å². The van der Waals surface area contributed by atoms with Crippen LogP contribution in [0.5, 0.6) is 5.75 Å². The van der Waals surface area contributed by atoms with Gasteiger partial charge < -0.3 is 19.7 Å². The fraction of sp³-hybridized carbons (Fsp3) is 0.452. The van der Waals surface area contributed by atoms with Crippen molar-refractivity contribution in [1.82, 2.24) is 15.3 Å². The Labute approximate surface area is 224 Å². The molecule has 0 radical (unpaired) electrons. The van der Waals surface area contributed by atoms with E-state index in [1.54, 1.807) is 0 Å². The Morgan fingerprint density at radius 3 is 2.95 bits per heavy atom. The molecule has 3 heterocycles. The number of rotatable bonds is 7. The highest BCUT2D eigenvalue weighted by molar-refractivity contribution is 5.81. The average Bonchev–Trinajstić information content (AvgIpc) is 3.69. The Kier molecular flexibility index (Phi) is 6.56. The van der Waals surface area contributed by atoms with Crippen molar-refractivity contribution in [1.29, 1.82) is 0 Å². The van der Waals surface area contributed by atoms with Crippen LogP contribution in [0.15, 0.2) is 42.6 Å². The van der Waals surface area contributed by atoms with Crippen molar-refractivity contribution < 1.29 is 14.3 Å². The summed E-state index contributed by atoms with van der Waals surface area (Å²) in [6.45, 7) is 10.6. The molecule has 1 saturated heterocycles. The van der Waals surface area contributed by atoms with Crippen LogP contribution in [0, 0.1) is 25.2 Å². The molecule has 198 valence electrons. The van der Waals surface area contributed by atoms with Gasteiger partial charge in [0.2, 0.25) is 5.95 Å². The second-order valence-corrected chi connectivity index (χ2v) is 10.9. The maximum absolute atomic E-state index is 12.5. The average molecular weight is 513 g/mol. The highest BCUT2D eigenvalue weighted by Crippen LogP contribution is 2.58. The van der Waals surface area contributed by atoms with E-state index in [1.165, 1.54) is 22.3 Å². The fourth-order valence-corrected chi connectivity index (χ4v) is 6.17. The van der Waals surface area contributed by atoms with Gasteiger partial charge in [0.15, 0.2) is 0 Å². The van der Waals surface area contributed by atoms with Gasteiger partial charge in [0.05, 0.1) is 17.7 Å². The van der Waals surface area contributed by atoms with E-state index in [0.29, 0.717) is 25.1 Å². The van der Waals surface area contributed by atoms with Gasteiger partial charge >= 0.3 is 5.97 Å². The summed E-state index contributed by atoms with van der Waals surface area (Å²) >= 11 is 0. The minimum Gasteiger partial charge on any atom is -0.488 e. The molecule has 0 bridgehead atoms. The molecule has 0 amide bonds. The van der Waals surface area contributed by atoms with E-state index in [9.17, 15) is 4.79 Å². The third-order valence-corrected chi connectivity index (χ3v) is 8.58. The van der Waals surface area contributed by atoms with Crippen molar-refractivity contribution in [2.75, 3.05) is 31.1 Å². The lowest BCUT2D eigenvalue weighted by atomic mass is 9.93. The minimum atomic E-state index is -0.285. The summed E-state index contributed by atoms with van der Waals surface area (Å²) in [5.41, 5.74) is 8.10. The van der Waals surface area contributed by atoms with Gasteiger partial charge in [-0.15, -0.1) is 0 Å². The predicted octanol–water partition coefficient (Wildman–Crippen LogP) is 4.76. The third-order valence-electron chi connectivity index (χ3n) is 8.58. The summed E-state index contributed by atoms with van der Waals surface area (Å²) in [4.78, 5) is 24.3. The van der Waals surface area contributed by atoms with E-state index in [4.69, 9.17) is 14.5 Å². The quantitative estimate of drug-likeness (QED) is 0.457. The van der Waals surface area contributed by atoms with E-state index in [2.05, 4.69) is 53.3 Å². The van der Waals surface area contributed by atoms with Gasteiger partial charge in [-0.2, -0.15) is 0 Å². The number of hydrogen-bond donors (Lipinski definition) is 1. The van der Waals surface area contributed by atoms with E-state index >= 15 is 0 Å². The first-order chi connectivity index (χ1) is 18.5. The first kappa shape index (κ1) is 24.9. The van der Waals surface area contributed by atoms with Crippen LogP contribution in [0.4, 0.5) is 5.95 Å². The Morgan fingerprint density at radius 2 is 2.11 bits per heavy atom. The summed E-state index contributed by atoms with van der Waals surface area (Å²) in [7, 11) is 0. The highest BCUT2D eigenvalue weighted by atomic mass is 16.5. The Hall–Kier alpha value is -3.45. The number of esters is 1. The molecular formula is C31H36N4O3. The minimum absolute atomic E-state index is 0.0355. The van der Waals surface area contributed by atoms with Crippen LogP contribution in [-0.2, 0) is 29.1 Å². The number of nitrogens with zero attached hydrogens (tertiary/aromatic N) is 3. The molecule has 38 heavy (non-hydrogen) atoms. The van der Waals surface area contributed by atoms with Gasteiger partial charge in [0, 0.05) is 31.4 Å². The number of hydrogen-bond acceptors (Lipinski definition) is 7. The number of ether oxygens (including phenoxy) is 2. The molecule has 3 aliphatic rings. The molecule has 1 aliphatic carbocycles. The number of anilines is 1. The first-order valence-electron chi connectivity index (χ1n) is 13.8. The van der Waals surface area contributed by atoms with Crippen molar-refractivity contribution in [2.45, 2.75) is 53.2 Å². The predicted molar refractivity (Wildman–Crippen MR) is 147 cm³/mol. The zero-order valence-electron chi connectivity index (χ0n) is 22.5. The second-order valence-electron chi connectivity index (χ2n) is 10.9. The van der Waals surface area contributed by atoms with Gasteiger partial charge in [-0.05, 0) is 92.9 Å². The van der Waals surface area contributed by atoms with E-state index in [0.717, 1.165) is 68.0 Å². The number of benzene rings is 2. The Balaban J connectivity index is 1.21. The molecule has 7 heteroatoms. The lowest BCUT2D eigenvalue weighted by molar-refractivity contribution is -0.150. The molecule has 1 saturated carbocycles. The van der Waals surface area contributed by atoms with Crippen LogP contribution in [0.3, 0.4) is 0 Å². The number of piperidine rings is 1. The number of carbonyl (C=O) groups is 1. The molecule has 0 unspecified atom stereocenters. The van der Waals surface area contributed by atoms with Gasteiger partial charge in [-0.1, -0.05) is 23.8 Å². The monoisotopic (exact) mass is 512 g/mol. The van der Waals surface area contributed by atoms with Crippen molar-refractivity contribution in [3.05, 3.63) is 70.4 Å². The molecular weight excluding hydrogens is 476 g/mol. The molecule has 7 nitrogen and oxygen atoms in total. The summed E-state index contributed by atoms with van der Waals surface area (Å²) in [5, 5.41) is 3.45. The van der Waals surface area contributed by atoms with Gasteiger partial charge in [0.25, 0.3) is 0 Å². The molecule has 2 aliphatic heterocycles. The number of carbonyl (C=O) groups excluding carboxylic acids is 1. The standard InChI is InChI=1S/C31H36N4O3/c1-4-37-29(36)31-11-14-35(18-24(31)16-31)30-33-13-10-27(34-30)26-15-20(2)5-8-28(26)38-19-23-7-6-22-17-32-12-9-25(22)21(23)3/h5-8,10,13,15,24,32H,4,9,11-12,14,16-19H2,1-3H3/t24-,31+/m0/s1. The number of aromatic nitrogens is 2. The molecule has 1 aromatic heterocycles. The molecule has 0 spiro atoms. The van der Waals surface area contributed by atoms with Crippen molar-refractivity contribution in [3.63, 3.8) is 0 Å². The van der Waals surface area contributed by atoms with Crippen molar-refractivity contribution >= 4 is 11.9 Å². The molecule has 6 rings (SSSR count). The van der Waals surface area contributed by atoms with E-state index in [-0.39, 0.29) is 11.4 Å². The lowest BCUT2D eigenvalue weighted by Crippen LogP contribution is -2.39. The maximum atomic E-state index is 12.5. The largest absolute Gasteiger partial charge is 0.488 e. The normalized spacial score (nSPS) is 21.9. The fourth-order valence-electron chi connectivity index (χ4n) is 6.17. The SMILES string of the molecule is CCOC(=O)[C@@]12CCN(c3nccc(-c4cc(C)ccc4OCc4ccc5c(c4C)CCNC5)n3)C[C@@H]1C2. The second kappa shape index (κ2) is 10.0. The van der Waals surface area contributed by atoms with Crippen LogP contribution in [0.25, 0.3) is 11.3 Å². The van der Waals surface area contributed by atoms with Crippen LogP contribution in [-0.4, -0.2) is 42.2 Å². The van der Waals surface area contributed by atoms with E-state index < -0.39 is 0 Å². The zero-order chi connectivity index (χ0) is 26.3. The van der Waals surface area contributed by atoms with Crippen molar-refractivity contribution in [3.8, 4) is 17.0 Å². The third kappa shape index (κ3) is 4.53.